The molecule has 0 aliphatic rings. The van der Waals surface area contributed by atoms with E-state index in [1.165, 1.54) is 0 Å². The summed E-state index contributed by atoms with van der Waals surface area (Å²) in [5.74, 6) is -0.798. The van der Waals surface area contributed by atoms with Crippen molar-refractivity contribution in [2.24, 2.45) is 0 Å². The summed E-state index contributed by atoms with van der Waals surface area (Å²) in [6.07, 6.45) is 2.62. The molecule has 2 rings (SSSR count). The molecule has 0 saturated carbocycles. The molecule has 0 unspecified atom stereocenters. The maximum absolute atomic E-state index is 12.3. The number of ketones is 1. The first-order valence-corrected chi connectivity index (χ1v) is 6.78. The number of benzene rings is 2. The van der Waals surface area contributed by atoms with Gasteiger partial charge in [-0.3, -0.25) is 4.79 Å². The molecule has 0 saturated heterocycles. The van der Waals surface area contributed by atoms with Crippen LogP contribution >= 0.6 is 0 Å². The standard InChI is InChI=1S/C17H18O3/c1-2-3-7-13-10-11-14(17(20)16(13)19)15(18)12-8-5-4-6-9-12/h4-6,8-11,19-20H,2-3,7H2,1H3. The number of carbonyl (C=O) groups is 1. The second kappa shape index (κ2) is 6.24. The number of phenols is 2. The molecule has 0 spiro atoms. The van der Waals surface area contributed by atoms with Gasteiger partial charge in [-0.15, -0.1) is 0 Å². The van der Waals surface area contributed by atoms with E-state index < -0.39 is 0 Å². The molecule has 0 aliphatic carbocycles. The van der Waals surface area contributed by atoms with Crippen molar-refractivity contribution in [3.63, 3.8) is 0 Å². The Balaban J connectivity index is 2.34. The van der Waals surface area contributed by atoms with Crippen LogP contribution in [0.5, 0.6) is 11.5 Å². The molecule has 3 heteroatoms. The van der Waals surface area contributed by atoms with Gasteiger partial charge < -0.3 is 10.2 Å². The van der Waals surface area contributed by atoms with Crippen molar-refractivity contribution in [2.75, 3.05) is 0 Å². The molecule has 0 amide bonds. The molecular weight excluding hydrogens is 252 g/mol. The maximum Gasteiger partial charge on any atom is 0.196 e. The molecule has 0 heterocycles. The van der Waals surface area contributed by atoms with Gasteiger partial charge in [-0.25, -0.2) is 0 Å². The molecule has 0 fully saturated rings. The van der Waals surface area contributed by atoms with Crippen LogP contribution in [0.15, 0.2) is 42.5 Å². The molecule has 20 heavy (non-hydrogen) atoms. The van der Waals surface area contributed by atoms with Gasteiger partial charge in [0.05, 0.1) is 5.56 Å². The van der Waals surface area contributed by atoms with Crippen molar-refractivity contribution in [1.82, 2.24) is 0 Å². The van der Waals surface area contributed by atoms with E-state index in [2.05, 4.69) is 6.92 Å². The number of unbranched alkanes of at least 4 members (excludes halogenated alkanes) is 1. The molecule has 2 aromatic carbocycles. The first-order chi connectivity index (χ1) is 9.65. The largest absolute Gasteiger partial charge is 0.504 e. The Hall–Kier alpha value is -2.29. The number of aromatic hydroxyl groups is 2. The second-order valence-corrected chi connectivity index (χ2v) is 4.77. The fourth-order valence-electron chi connectivity index (χ4n) is 2.12. The third-order valence-corrected chi connectivity index (χ3v) is 3.32. The molecule has 2 N–H and O–H groups in total. The van der Waals surface area contributed by atoms with Crippen LogP contribution in [0.2, 0.25) is 0 Å². The lowest BCUT2D eigenvalue weighted by Gasteiger charge is -2.10. The Bertz CT molecular complexity index is 603. The third kappa shape index (κ3) is 2.82. The van der Waals surface area contributed by atoms with Gasteiger partial charge in [-0.1, -0.05) is 49.7 Å². The summed E-state index contributed by atoms with van der Waals surface area (Å²) in [6, 6.07) is 12.0. The average Bonchev–Trinajstić information content (AvgIpc) is 2.49. The highest BCUT2D eigenvalue weighted by atomic mass is 16.3. The van der Waals surface area contributed by atoms with Crippen molar-refractivity contribution >= 4 is 5.78 Å². The van der Waals surface area contributed by atoms with Gasteiger partial charge in [-0.05, 0) is 24.5 Å². The number of aryl methyl sites for hydroxylation is 1. The summed E-state index contributed by atoms with van der Waals surface area (Å²) < 4.78 is 0. The predicted molar refractivity (Wildman–Crippen MR) is 78.3 cm³/mol. The Labute approximate surface area is 118 Å². The molecule has 3 nitrogen and oxygen atoms in total. The van der Waals surface area contributed by atoms with Crippen LogP contribution in [0.25, 0.3) is 0 Å². The van der Waals surface area contributed by atoms with Gasteiger partial charge in [0.1, 0.15) is 0 Å². The minimum Gasteiger partial charge on any atom is -0.504 e. The zero-order valence-electron chi connectivity index (χ0n) is 11.5. The Morgan fingerprint density at radius 1 is 1.00 bits per heavy atom. The summed E-state index contributed by atoms with van der Waals surface area (Å²) in [4.78, 5) is 12.3. The maximum atomic E-state index is 12.3. The lowest BCUT2D eigenvalue weighted by molar-refractivity contribution is 0.103. The first kappa shape index (κ1) is 14.1. The van der Waals surface area contributed by atoms with Gasteiger partial charge in [0.25, 0.3) is 0 Å². The molecule has 0 aliphatic heterocycles. The molecular formula is C17H18O3. The second-order valence-electron chi connectivity index (χ2n) is 4.77. The fourth-order valence-corrected chi connectivity index (χ4v) is 2.12. The molecule has 0 radical (unpaired) electrons. The van der Waals surface area contributed by atoms with Gasteiger partial charge >= 0.3 is 0 Å². The number of hydrogen-bond acceptors (Lipinski definition) is 3. The van der Waals surface area contributed by atoms with E-state index in [-0.39, 0.29) is 22.8 Å². The number of hydrogen-bond donors (Lipinski definition) is 2. The van der Waals surface area contributed by atoms with Crippen molar-refractivity contribution < 1.29 is 15.0 Å². The summed E-state index contributed by atoms with van der Waals surface area (Å²) in [6.45, 7) is 2.06. The zero-order chi connectivity index (χ0) is 14.5. The van der Waals surface area contributed by atoms with Crippen LogP contribution in [0.3, 0.4) is 0 Å². The van der Waals surface area contributed by atoms with Crippen LogP contribution in [0.4, 0.5) is 0 Å². The highest BCUT2D eigenvalue weighted by Crippen LogP contribution is 2.34. The normalized spacial score (nSPS) is 10.4. The first-order valence-electron chi connectivity index (χ1n) is 6.78. The number of phenolic OH excluding ortho intramolecular Hbond substituents is 2. The van der Waals surface area contributed by atoms with E-state index in [0.717, 1.165) is 12.8 Å². The zero-order valence-corrected chi connectivity index (χ0v) is 11.5. The van der Waals surface area contributed by atoms with Gasteiger partial charge in [0, 0.05) is 5.56 Å². The molecule has 0 aromatic heterocycles. The lowest BCUT2D eigenvalue weighted by Crippen LogP contribution is -2.02. The van der Waals surface area contributed by atoms with Crippen molar-refractivity contribution in [2.45, 2.75) is 26.2 Å². The summed E-state index contributed by atoms with van der Waals surface area (Å²) >= 11 is 0. The van der Waals surface area contributed by atoms with E-state index >= 15 is 0 Å². The Kier molecular flexibility index (Phi) is 4.41. The SMILES string of the molecule is CCCCc1ccc(C(=O)c2ccccc2)c(O)c1O. The van der Waals surface area contributed by atoms with Crippen LogP contribution in [0.1, 0.15) is 41.3 Å². The monoisotopic (exact) mass is 270 g/mol. The molecule has 2 aromatic rings. The van der Waals surface area contributed by atoms with E-state index in [9.17, 15) is 15.0 Å². The van der Waals surface area contributed by atoms with Crippen LogP contribution < -0.4 is 0 Å². The smallest absolute Gasteiger partial charge is 0.196 e. The van der Waals surface area contributed by atoms with Crippen LogP contribution in [0, 0.1) is 0 Å². The number of rotatable bonds is 5. The highest BCUT2D eigenvalue weighted by molar-refractivity contribution is 6.11. The third-order valence-electron chi connectivity index (χ3n) is 3.32. The van der Waals surface area contributed by atoms with E-state index in [0.29, 0.717) is 17.5 Å². The fraction of sp³-hybridized carbons (Fsp3) is 0.235. The van der Waals surface area contributed by atoms with Gasteiger partial charge in [-0.2, -0.15) is 0 Å². The lowest BCUT2D eigenvalue weighted by atomic mass is 9.98. The molecule has 0 bridgehead atoms. The quantitative estimate of drug-likeness (QED) is 0.643. The van der Waals surface area contributed by atoms with E-state index in [1.807, 2.05) is 6.07 Å². The van der Waals surface area contributed by atoms with Crippen molar-refractivity contribution in [3.05, 3.63) is 59.2 Å². The van der Waals surface area contributed by atoms with Crippen LogP contribution in [-0.2, 0) is 6.42 Å². The van der Waals surface area contributed by atoms with E-state index in [1.54, 1.807) is 36.4 Å². The predicted octanol–water partition coefficient (Wildman–Crippen LogP) is 3.67. The molecule has 0 atom stereocenters. The van der Waals surface area contributed by atoms with Gasteiger partial charge in [0.15, 0.2) is 17.3 Å². The highest BCUT2D eigenvalue weighted by Gasteiger charge is 2.18. The summed E-state index contributed by atoms with van der Waals surface area (Å²) in [5, 5.41) is 20.0. The molecule has 104 valence electrons. The topological polar surface area (TPSA) is 57.5 Å². The van der Waals surface area contributed by atoms with Gasteiger partial charge in [0.2, 0.25) is 0 Å². The minimum atomic E-state index is -0.326. The summed E-state index contributed by atoms with van der Waals surface area (Å²) in [7, 11) is 0. The minimum absolute atomic E-state index is 0.133. The van der Waals surface area contributed by atoms with Crippen molar-refractivity contribution in [3.8, 4) is 11.5 Å². The Morgan fingerprint density at radius 2 is 1.70 bits per heavy atom. The Morgan fingerprint density at radius 3 is 2.35 bits per heavy atom. The summed E-state index contributed by atoms with van der Waals surface area (Å²) in [5.41, 5.74) is 1.30. The average molecular weight is 270 g/mol. The number of carbonyl (C=O) groups excluding carboxylic acids is 1. The van der Waals surface area contributed by atoms with Crippen LogP contribution in [-0.4, -0.2) is 16.0 Å². The van der Waals surface area contributed by atoms with Crippen molar-refractivity contribution in [1.29, 1.82) is 0 Å². The van der Waals surface area contributed by atoms with E-state index in [4.69, 9.17) is 0 Å².